The van der Waals surface area contributed by atoms with Crippen LogP contribution in [0.5, 0.6) is 0 Å². The van der Waals surface area contributed by atoms with Crippen LogP contribution in [-0.2, 0) is 34.1 Å². The van der Waals surface area contributed by atoms with E-state index in [0.29, 0.717) is 0 Å². The van der Waals surface area contributed by atoms with E-state index >= 15 is 0 Å². The average molecular weight is 264 g/mol. The van der Waals surface area contributed by atoms with Gasteiger partial charge in [0.1, 0.15) is 0 Å². The van der Waals surface area contributed by atoms with E-state index in [-0.39, 0.29) is 41.6 Å². The molecule has 0 aromatic rings. The molecule has 0 bridgehead atoms. The van der Waals surface area contributed by atoms with Crippen LogP contribution in [0.1, 0.15) is 0 Å². The van der Waals surface area contributed by atoms with Gasteiger partial charge in [0.2, 0.25) is 12.6 Å². The molecular weight excluding hydrogens is 251 g/mol. The first-order valence-corrected chi connectivity index (χ1v) is 1.87. The first-order valence-electron chi connectivity index (χ1n) is 1.87. The molecule has 11 heavy (non-hydrogen) atoms. The van der Waals surface area contributed by atoms with Gasteiger partial charge in [0.15, 0.2) is 0 Å². The molecule has 2 radical (unpaired) electrons. The zero-order chi connectivity index (χ0) is 7.15. The number of hydrogen-bond acceptors (Lipinski definition) is 4. The predicted molar refractivity (Wildman–Crippen MR) is 34.1 cm³/mol. The Morgan fingerprint density at radius 2 is 0.818 bits per heavy atom. The van der Waals surface area contributed by atoms with Gasteiger partial charge in [-0.05, 0) is 0 Å². The third-order valence-electron chi connectivity index (χ3n) is 0.267. The Kier molecular flexibility index (Phi) is 61.2. The van der Waals surface area contributed by atoms with Gasteiger partial charge in [-0.15, -0.1) is 13.2 Å². The second-order valence-electron chi connectivity index (χ2n) is 0.827. The zero-order valence-corrected chi connectivity index (χ0v) is 7.84. The summed E-state index contributed by atoms with van der Waals surface area (Å²) in [6, 6.07) is 0. The molecule has 0 fully saturated rings. The fourth-order valence-corrected chi connectivity index (χ4v) is 0. The van der Waals surface area contributed by atoms with E-state index in [0.717, 1.165) is 0 Å². The van der Waals surface area contributed by atoms with Crippen molar-refractivity contribution in [1.29, 1.82) is 0 Å². The smallest absolute Gasteiger partial charge is 0.204 e. The number of aliphatic hydroxyl groups is 4. The quantitative estimate of drug-likeness (QED) is 0.209. The van der Waals surface area contributed by atoms with Gasteiger partial charge in [-0.1, -0.05) is 0 Å². The van der Waals surface area contributed by atoms with E-state index in [4.69, 9.17) is 20.4 Å². The van der Waals surface area contributed by atoms with Crippen LogP contribution in [0.15, 0.2) is 13.2 Å². The molecule has 0 aliphatic carbocycles. The standard InChI is InChI=1S/C2H6O4.C2H4.CH3.2Cu/c3-1(4)2(5)6;1-2;;;/h1-6H;1-2H2;1H3;;/q;;+1;;. The maximum Gasteiger partial charge on any atom is 0.204 e. The molecule has 0 saturated carbocycles. The summed E-state index contributed by atoms with van der Waals surface area (Å²) in [4.78, 5) is 0. The van der Waals surface area contributed by atoms with Crippen molar-refractivity contribution < 1.29 is 54.6 Å². The van der Waals surface area contributed by atoms with Gasteiger partial charge in [-0.2, -0.15) is 0 Å². The Morgan fingerprint density at radius 1 is 0.727 bits per heavy atom. The minimum absolute atomic E-state index is 0. The number of rotatable bonds is 1. The summed E-state index contributed by atoms with van der Waals surface area (Å²) in [6.07, 6.45) is -4.07. The molecule has 0 atom stereocenters. The molecule has 78 valence electrons. The van der Waals surface area contributed by atoms with E-state index in [9.17, 15) is 0 Å². The fraction of sp³-hybridized carbons (Fsp3) is 0.400. The molecule has 4 N–H and O–H groups in total. The third kappa shape index (κ3) is 37.5. The fourth-order valence-electron chi connectivity index (χ4n) is 0. The molecule has 0 heterocycles. The summed E-state index contributed by atoms with van der Waals surface area (Å²) in [7, 11) is 0. The SMILES string of the molecule is C=C.OC(O)C(O)O.[CH3+].[Cu].[Cu]. The first-order chi connectivity index (χ1) is 3.64. The first kappa shape index (κ1) is 30.0. The van der Waals surface area contributed by atoms with E-state index in [1.54, 1.807) is 0 Å². The molecule has 0 aromatic heterocycles. The summed E-state index contributed by atoms with van der Waals surface area (Å²) in [5, 5.41) is 30.7. The minimum Gasteiger partial charge on any atom is -0.364 e. The van der Waals surface area contributed by atoms with Crippen LogP contribution in [0.3, 0.4) is 0 Å². The van der Waals surface area contributed by atoms with Crippen LogP contribution < -0.4 is 0 Å². The topological polar surface area (TPSA) is 80.9 Å². The molecule has 0 aromatic carbocycles. The van der Waals surface area contributed by atoms with Gasteiger partial charge in [0.25, 0.3) is 0 Å². The number of aliphatic hydroxyl groups excluding tert-OH is 2. The van der Waals surface area contributed by atoms with E-state index in [1.807, 2.05) is 0 Å². The molecule has 6 heteroatoms. The number of hydrogen-bond donors (Lipinski definition) is 4. The molecule has 0 amide bonds. The molecule has 0 aliphatic heterocycles. The summed E-state index contributed by atoms with van der Waals surface area (Å²) in [5.41, 5.74) is 0. The van der Waals surface area contributed by atoms with Gasteiger partial charge in [0, 0.05) is 41.6 Å². The Morgan fingerprint density at radius 3 is 0.818 bits per heavy atom. The van der Waals surface area contributed by atoms with Crippen molar-refractivity contribution in [2.24, 2.45) is 0 Å². The Bertz CT molecular complexity index is 45.7. The molecule has 0 aliphatic rings. The monoisotopic (exact) mass is 263 g/mol. The Labute approximate surface area is 87.9 Å². The minimum atomic E-state index is -2.04. The van der Waals surface area contributed by atoms with Crippen LogP contribution >= 0.6 is 0 Å². The van der Waals surface area contributed by atoms with E-state index in [2.05, 4.69) is 13.2 Å². The maximum atomic E-state index is 7.69. The second-order valence-corrected chi connectivity index (χ2v) is 0.827. The summed E-state index contributed by atoms with van der Waals surface area (Å²) >= 11 is 0. The van der Waals surface area contributed by atoms with Crippen molar-refractivity contribution in [3.05, 3.63) is 20.6 Å². The molecule has 0 unspecified atom stereocenters. The van der Waals surface area contributed by atoms with Crippen LogP contribution in [0.2, 0.25) is 0 Å². The summed E-state index contributed by atoms with van der Waals surface area (Å²) < 4.78 is 0. The normalized spacial score (nSPS) is 6.36. The van der Waals surface area contributed by atoms with Gasteiger partial charge in [-0.25, -0.2) is 0 Å². The largest absolute Gasteiger partial charge is 0.364 e. The molecule has 0 spiro atoms. The Hall–Kier alpha value is 0.489. The van der Waals surface area contributed by atoms with Gasteiger partial charge < -0.3 is 20.4 Å². The molecule has 0 rings (SSSR count). The maximum absolute atomic E-state index is 7.69. The van der Waals surface area contributed by atoms with E-state index < -0.39 is 12.6 Å². The summed E-state index contributed by atoms with van der Waals surface area (Å²) in [6.45, 7) is 6.00. The van der Waals surface area contributed by atoms with Crippen molar-refractivity contribution in [3.8, 4) is 0 Å². The average Bonchev–Trinajstić information content (AvgIpc) is 1.72. The van der Waals surface area contributed by atoms with Crippen molar-refractivity contribution in [3.63, 3.8) is 0 Å². The molecule has 4 nitrogen and oxygen atoms in total. The van der Waals surface area contributed by atoms with Crippen molar-refractivity contribution >= 4 is 0 Å². The summed E-state index contributed by atoms with van der Waals surface area (Å²) in [5.74, 6) is 0. The Balaban J connectivity index is -0.0000000222. The van der Waals surface area contributed by atoms with Crippen LogP contribution in [-0.4, -0.2) is 33.0 Å². The van der Waals surface area contributed by atoms with Gasteiger partial charge in [-0.3, -0.25) is 0 Å². The zero-order valence-electron chi connectivity index (χ0n) is 5.96. The predicted octanol–water partition coefficient (Wildman–Crippen LogP) is -1.14. The second kappa shape index (κ2) is 22.4. The van der Waals surface area contributed by atoms with Gasteiger partial charge in [0.05, 0.1) is 0 Å². The van der Waals surface area contributed by atoms with Crippen molar-refractivity contribution in [1.82, 2.24) is 0 Å². The van der Waals surface area contributed by atoms with Crippen LogP contribution in [0.25, 0.3) is 0 Å². The molecular formula is C5H13Cu2O4+. The van der Waals surface area contributed by atoms with Gasteiger partial charge >= 0.3 is 0 Å². The van der Waals surface area contributed by atoms with Crippen molar-refractivity contribution in [2.75, 3.05) is 0 Å². The van der Waals surface area contributed by atoms with Crippen LogP contribution in [0, 0.1) is 7.43 Å². The van der Waals surface area contributed by atoms with E-state index in [1.165, 1.54) is 0 Å². The molecule has 0 saturated heterocycles. The van der Waals surface area contributed by atoms with Crippen LogP contribution in [0.4, 0.5) is 0 Å². The van der Waals surface area contributed by atoms with Crippen molar-refractivity contribution in [2.45, 2.75) is 12.6 Å². The third-order valence-corrected chi connectivity index (χ3v) is 0.267.